The van der Waals surface area contributed by atoms with Crippen molar-refractivity contribution in [2.45, 2.75) is 51.0 Å². The standard InChI is InChI=1S/C13H21NO4/c15-11(14-10-3-7-18-8-4-10)9-13(12(16)17)5-1-2-6-13/h10H,1-9H2,(H,14,15)(H,16,17). The summed E-state index contributed by atoms with van der Waals surface area (Å²) in [7, 11) is 0. The highest BCUT2D eigenvalue weighted by molar-refractivity contribution is 5.85. The molecule has 5 nitrogen and oxygen atoms in total. The molecule has 1 amide bonds. The molecule has 0 radical (unpaired) electrons. The molecule has 0 unspecified atom stereocenters. The van der Waals surface area contributed by atoms with E-state index in [9.17, 15) is 14.7 Å². The smallest absolute Gasteiger partial charge is 0.310 e. The highest BCUT2D eigenvalue weighted by Crippen LogP contribution is 2.41. The molecule has 2 fully saturated rings. The fourth-order valence-corrected chi connectivity index (χ4v) is 2.95. The Morgan fingerprint density at radius 2 is 1.83 bits per heavy atom. The summed E-state index contributed by atoms with van der Waals surface area (Å²) < 4.78 is 5.23. The zero-order valence-corrected chi connectivity index (χ0v) is 10.6. The van der Waals surface area contributed by atoms with Crippen LogP contribution in [0.3, 0.4) is 0 Å². The molecule has 2 N–H and O–H groups in total. The predicted molar refractivity (Wildman–Crippen MR) is 65.1 cm³/mol. The number of hydrogen-bond acceptors (Lipinski definition) is 3. The molecule has 2 aliphatic rings. The third-order valence-electron chi connectivity index (χ3n) is 4.10. The van der Waals surface area contributed by atoms with E-state index in [2.05, 4.69) is 5.32 Å². The lowest BCUT2D eigenvalue weighted by molar-refractivity contribution is -0.151. The van der Waals surface area contributed by atoms with Crippen LogP contribution < -0.4 is 5.32 Å². The Kier molecular flexibility index (Phi) is 4.22. The van der Waals surface area contributed by atoms with Crippen molar-refractivity contribution in [3.05, 3.63) is 0 Å². The minimum absolute atomic E-state index is 0.119. The van der Waals surface area contributed by atoms with Crippen LogP contribution in [0.4, 0.5) is 0 Å². The van der Waals surface area contributed by atoms with Crippen molar-refractivity contribution >= 4 is 11.9 Å². The fraction of sp³-hybridized carbons (Fsp3) is 0.846. The Morgan fingerprint density at radius 3 is 2.39 bits per heavy atom. The van der Waals surface area contributed by atoms with Gasteiger partial charge in [-0.1, -0.05) is 12.8 Å². The zero-order chi connectivity index (χ0) is 13.0. The molecule has 0 aromatic carbocycles. The number of carbonyl (C=O) groups excluding carboxylic acids is 1. The summed E-state index contributed by atoms with van der Waals surface area (Å²) in [4.78, 5) is 23.3. The van der Waals surface area contributed by atoms with Gasteiger partial charge in [-0.25, -0.2) is 0 Å². The minimum Gasteiger partial charge on any atom is -0.481 e. The van der Waals surface area contributed by atoms with Crippen molar-refractivity contribution in [3.63, 3.8) is 0 Å². The topological polar surface area (TPSA) is 75.6 Å². The largest absolute Gasteiger partial charge is 0.481 e. The van der Waals surface area contributed by atoms with Crippen molar-refractivity contribution in [1.82, 2.24) is 5.32 Å². The second-order valence-electron chi connectivity index (χ2n) is 5.42. The van der Waals surface area contributed by atoms with Gasteiger partial charge in [0.1, 0.15) is 0 Å². The monoisotopic (exact) mass is 255 g/mol. The van der Waals surface area contributed by atoms with Crippen LogP contribution in [0.15, 0.2) is 0 Å². The number of amides is 1. The number of carboxylic acid groups (broad SMARTS) is 1. The van der Waals surface area contributed by atoms with Gasteiger partial charge in [-0.3, -0.25) is 9.59 Å². The first-order valence-electron chi connectivity index (χ1n) is 6.73. The average Bonchev–Trinajstić information content (AvgIpc) is 2.80. The summed E-state index contributed by atoms with van der Waals surface area (Å²) in [6.07, 6.45) is 4.86. The zero-order valence-electron chi connectivity index (χ0n) is 10.6. The SMILES string of the molecule is O=C(CC1(C(=O)O)CCCC1)NC1CCOCC1. The normalized spacial score (nSPS) is 23.8. The highest BCUT2D eigenvalue weighted by Gasteiger charge is 2.43. The highest BCUT2D eigenvalue weighted by atomic mass is 16.5. The van der Waals surface area contributed by atoms with Gasteiger partial charge in [0.2, 0.25) is 5.91 Å². The van der Waals surface area contributed by atoms with Crippen LogP contribution in [-0.4, -0.2) is 36.2 Å². The molecule has 0 aromatic rings. The summed E-state index contributed by atoms with van der Waals surface area (Å²) in [6, 6.07) is 0.151. The first kappa shape index (κ1) is 13.3. The molecule has 0 atom stereocenters. The van der Waals surface area contributed by atoms with Crippen LogP contribution in [-0.2, 0) is 14.3 Å². The molecule has 1 saturated carbocycles. The van der Waals surface area contributed by atoms with Gasteiger partial charge in [0, 0.05) is 25.7 Å². The molecule has 18 heavy (non-hydrogen) atoms. The van der Waals surface area contributed by atoms with Gasteiger partial charge in [-0.2, -0.15) is 0 Å². The summed E-state index contributed by atoms with van der Waals surface area (Å²) in [5, 5.41) is 12.3. The molecule has 0 bridgehead atoms. The average molecular weight is 255 g/mol. The van der Waals surface area contributed by atoms with E-state index in [1.807, 2.05) is 0 Å². The van der Waals surface area contributed by atoms with Gasteiger partial charge < -0.3 is 15.2 Å². The van der Waals surface area contributed by atoms with Gasteiger partial charge in [-0.05, 0) is 25.7 Å². The third-order valence-corrected chi connectivity index (χ3v) is 4.10. The quantitative estimate of drug-likeness (QED) is 0.794. The van der Waals surface area contributed by atoms with Crippen molar-refractivity contribution in [3.8, 4) is 0 Å². The molecule has 0 spiro atoms. The molecule has 1 saturated heterocycles. The molecular weight excluding hydrogens is 234 g/mol. The van der Waals surface area contributed by atoms with E-state index in [-0.39, 0.29) is 18.4 Å². The first-order valence-corrected chi connectivity index (χ1v) is 6.73. The van der Waals surface area contributed by atoms with E-state index in [4.69, 9.17) is 4.74 Å². The van der Waals surface area contributed by atoms with Crippen LogP contribution in [0.1, 0.15) is 44.9 Å². The van der Waals surface area contributed by atoms with Crippen LogP contribution in [0.2, 0.25) is 0 Å². The van der Waals surface area contributed by atoms with Crippen LogP contribution in [0.5, 0.6) is 0 Å². The first-order chi connectivity index (χ1) is 8.62. The van der Waals surface area contributed by atoms with Crippen molar-refractivity contribution < 1.29 is 19.4 Å². The van der Waals surface area contributed by atoms with E-state index in [1.165, 1.54) is 0 Å². The van der Waals surface area contributed by atoms with E-state index >= 15 is 0 Å². The fourth-order valence-electron chi connectivity index (χ4n) is 2.95. The lowest BCUT2D eigenvalue weighted by atomic mass is 9.82. The molecule has 1 aliphatic heterocycles. The maximum Gasteiger partial charge on any atom is 0.310 e. The van der Waals surface area contributed by atoms with Crippen molar-refractivity contribution in [1.29, 1.82) is 0 Å². The Morgan fingerprint density at radius 1 is 1.22 bits per heavy atom. The summed E-state index contributed by atoms with van der Waals surface area (Å²) in [6.45, 7) is 1.35. The van der Waals surface area contributed by atoms with Crippen LogP contribution in [0, 0.1) is 5.41 Å². The van der Waals surface area contributed by atoms with E-state index in [1.54, 1.807) is 0 Å². The van der Waals surface area contributed by atoms with E-state index in [0.29, 0.717) is 26.1 Å². The summed E-state index contributed by atoms with van der Waals surface area (Å²) in [5.74, 6) is -0.937. The number of nitrogens with one attached hydrogen (secondary N) is 1. The Hall–Kier alpha value is -1.10. The van der Waals surface area contributed by atoms with Gasteiger partial charge in [0.15, 0.2) is 0 Å². The molecule has 0 aromatic heterocycles. The molecule has 102 valence electrons. The van der Waals surface area contributed by atoms with Crippen LogP contribution >= 0.6 is 0 Å². The number of carbonyl (C=O) groups is 2. The molecule has 2 rings (SSSR count). The van der Waals surface area contributed by atoms with Gasteiger partial charge in [0.05, 0.1) is 5.41 Å². The Balaban J connectivity index is 1.87. The van der Waals surface area contributed by atoms with Crippen LogP contribution in [0.25, 0.3) is 0 Å². The number of rotatable bonds is 4. The molecule has 5 heteroatoms. The second kappa shape index (κ2) is 5.69. The number of aliphatic carboxylic acids is 1. The Labute approximate surface area is 107 Å². The minimum atomic E-state index is -0.817. The van der Waals surface area contributed by atoms with E-state index in [0.717, 1.165) is 25.7 Å². The van der Waals surface area contributed by atoms with Crippen molar-refractivity contribution in [2.24, 2.45) is 5.41 Å². The van der Waals surface area contributed by atoms with Crippen molar-refractivity contribution in [2.75, 3.05) is 13.2 Å². The third kappa shape index (κ3) is 3.02. The predicted octanol–water partition coefficient (Wildman–Crippen LogP) is 1.32. The maximum absolute atomic E-state index is 12.0. The molecule has 1 aliphatic carbocycles. The van der Waals surface area contributed by atoms with Gasteiger partial charge in [0.25, 0.3) is 0 Å². The number of hydrogen-bond donors (Lipinski definition) is 2. The number of carboxylic acids is 1. The van der Waals surface area contributed by atoms with Gasteiger partial charge in [-0.15, -0.1) is 0 Å². The molecular formula is C13H21NO4. The van der Waals surface area contributed by atoms with E-state index < -0.39 is 11.4 Å². The summed E-state index contributed by atoms with van der Waals surface area (Å²) >= 11 is 0. The summed E-state index contributed by atoms with van der Waals surface area (Å²) in [5.41, 5.74) is -0.810. The number of ether oxygens (including phenoxy) is 1. The lowest BCUT2D eigenvalue weighted by Gasteiger charge is -2.27. The Bertz CT molecular complexity index is 317. The lowest BCUT2D eigenvalue weighted by Crippen LogP contribution is -2.42. The molecule has 1 heterocycles. The van der Waals surface area contributed by atoms with Gasteiger partial charge >= 0.3 is 5.97 Å². The second-order valence-corrected chi connectivity index (χ2v) is 5.42. The maximum atomic E-state index is 12.0.